The molecule has 0 amide bonds. The zero-order chi connectivity index (χ0) is 28.3. The Morgan fingerprint density at radius 1 is 0.923 bits per heavy atom. The third-order valence-electron chi connectivity index (χ3n) is 9.00. The van der Waals surface area contributed by atoms with Crippen LogP contribution in [0, 0.1) is 29.6 Å². The van der Waals surface area contributed by atoms with Crippen molar-refractivity contribution in [3.8, 4) is 0 Å². The SMILES string of the molecule is CC[C@H]1CCC[C@H](O)[C@@H](C)C(=O)/C=C/[C@H]2[C@@H]3C[C@H](O[C@@H]4O[C@@H](C)[C@H](O)[C@@H](O)[C@H]4O)C[C@H]3C=C[C@H]2/C=C/C(=O)O1. The molecule has 218 valence electrons. The van der Waals surface area contributed by atoms with Gasteiger partial charge in [0.25, 0.3) is 0 Å². The normalized spacial score (nSPS) is 47.3. The van der Waals surface area contributed by atoms with E-state index in [0.717, 1.165) is 0 Å². The Kier molecular flexibility index (Phi) is 10.2. The molecule has 2 aliphatic carbocycles. The van der Waals surface area contributed by atoms with Gasteiger partial charge in [0, 0.05) is 17.9 Å². The number of cyclic esters (lactones) is 1. The second-order valence-electron chi connectivity index (χ2n) is 11.7. The Morgan fingerprint density at radius 2 is 1.69 bits per heavy atom. The lowest BCUT2D eigenvalue weighted by atomic mass is 9.71. The van der Waals surface area contributed by atoms with Crippen molar-refractivity contribution in [3.63, 3.8) is 0 Å². The highest BCUT2D eigenvalue weighted by molar-refractivity contribution is 5.91. The van der Waals surface area contributed by atoms with E-state index in [1.165, 1.54) is 6.08 Å². The van der Waals surface area contributed by atoms with Crippen molar-refractivity contribution in [3.05, 3.63) is 36.5 Å². The van der Waals surface area contributed by atoms with Crippen LogP contribution < -0.4 is 0 Å². The van der Waals surface area contributed by atoms with E-state index in [-0.39, 0.29) is 41.7 Å². The number of hydrogen-bond donors (Lipinski definition) is 4. The number of hydrogen-bond acceptors (Lipinski definition) is 9. The van der Waals surface area contributed by atoms with Gasteiger partial charge < -0.3 is 34.6 Å². The highest BCUT2D eigenvalue weighted by atomic mass is 16.7. The average molecular weight is 549 g/mol. The molecule has 2 aliphatic heterocycles. The molecule has 39 heavy (non-hydrogen) atoms. The largest absolute Gasteiger partial charge is 0.459 e. The standard InChI is InChI=1S/C30H44O9/c1-4-20-6-5-7-24(31)16(2)25(32)12-11-22-18(10-13-26(33)38-20)8-9-19-14-21(15-23(19)22)39-30-29(36)28(35)27(34)17(3)37-30/h8-13,16-24,27-31,34-36H,4-7,14-15H2,1-3H3/b12-11+,13-10+/t16-,17+,18+,19-,20+,21-,22-,23-,24+,27+,28-,29-,30+/m1/s1. The van der Waals surface area contributed by atoms with Gasteiger partial charge in [0.1, 0.15) is 24.4 Å². The Balaban J connectivity index is 1.53. The first-order valence-electron chi connectivity index (χ1n) is 14.4. The fourth-order valence-corrected chi connectivity index (χ4v) is 6.38. The first-order valence-corrected chi connectivity index (χ1v) is 14.4. The summed E-state index contributed by atoms with van der Waals surface area (Å²) in [5, 5.41) is 41.2. The van der Waals surface area contributed by atoms with Gasteiger partial charge in [0.2, 0.25) is 0 Å². The Hall–Kier alpha value is -1.88. The minimum atomic E-state index is -1.37. The van der Waals surface area contributed by atoms with Crippen molar-refractivity contribution in [2.45, 2.75) is 108 Å². The van der Waals surface area contributed by atoms with Crippen LogP contribution in [-0.2, 0) is 23.8 Å². The maximum atomic E-state index is 13.0. The molecular weight excluding hydrogens is 504 g/mol. The molecule has 2 fully saturated rings. The van der Waals surface area contributed by atoms with Crippen molar-refractivity contribution in [1.29, 1.82) is 0 Å². The number of aliphatic hydroxyl groups is 4. The number of carbonyl (C=O) groups excluding carboxylic acids is 2. The van der Waals surface area contributed by atoms with Crippen LogP contribution in [0.25, 0.3) is 0 Å². The van der Waals surface area contributed by atoms with Gasteiger partial charge in [-0.05, 0) is 69.3 Å². The third-order valence-corrected chi connectivity index (χ3v) is 9.00. The van der Waals surface area contributed by atoms with E-state index >= 15 is 0 Å². The highest BCUT2D eigenvalue weighted by Gasteiger charge is 2.47. The number of aliphatic hydroxyl groups excluding tert-OH is 4. The van der Waals surface area contributed by atoms with Gasteiger partial charge in [-0.2, -0.15) is 0 Å². The van der Waals surface area contributed by atoms with Crippen LogP contribution in [0.3, 0.4) is 0 Å². The summed E-state index contributed by atoms with van der Waals surface area (Å²) in [6.07, 6.45) is 7.74. The average Bonchev–Trinajstić information content (AvgIpc) is 3.33. The van der Waals surface area contributed by atoms with Crippen molar-refractivity contribution < 1.29 is 44.2 Å². The van der Waals surface area contributed by atoms with Crippen LogP contribution in [0.2, 0.25) is 0 Å². The molecule has 0 aromatic carbocycles. The van der Waals surface area contributed by atoms with E-state index in [1.54, 1.807) is 19.9 Å². The molecule has 13 atom stereocenters. The van der Waals surface area contributed by atoms with Crippen molar-refractivity contribution in [2.75, 3.05) is 0 Å². The molecule has 0 aromatic heterocycles. The number of allylic oxidation sites excluding steroid dienone is 5. The Morgan fingerprint density at radius 3 is 2.44 bits per heavy atom. The monoisotopic (exact) mass is 548 g/mol. The summed E-state index contributed by atoms with van der Waals surface area (Å²) in [6.45, 7) is 5.32. The van der Waals surface area contributed by atoms with E-state index in [9.17, 15) is 30.0 Å². The second-order valence-corrected chi connectivity index (χ2v) is 11.7. The van der Waals surface area contributed by atoms with E-state index in [2.05, 4.69) is 12.2 Å². The first kappa shape index (κ1) is 30.1. The van der Waals surface area contributed by atoms with Crippen molar-refractivity contribution in [1.82, 2.24) is 0 Å². The lowest BCUT2D eigenvalue weighted by Gasteiger charge is -2.40. The maximum Gasteiger partial charge on any atom is 0.330 e. The summed E-state index contributed by atoms with van der Waals surface area (Å²) in [4.78, 5) is 25.6. The van der Waals surface area contributed by atoms with E-state index in [1.807, 2.05) is 19.1 Å². The van der Waals surface area contributed by atoms with Crippen molar-refractivity contribution in [2.24, 2.45) is 29.6 Å². The third kappa shape index (κ3) is 7.07. The molecule has 9 nitrogen and oxygen atoms in total. The number of ketones is 1. The lowest BCUT2D eigenvalue weighted by Crippen LogP contribution is -2.57. The van der Waals surface area contributed by atoms with Gasteiger partial charge in [-0.1, -0.05) is 38.2 Å². The molecular formula is C30H44O9. The fraction of sp³-hybridized carbons (Fsp3) is 0.733. The number of esters is 1. The minimum Gasteiger partial charge on any atom is -0.459 e. The number of fused-ring (bicyclic) bond motifs is 3. The van der Waals surface area contributed by atoms with E-state index in [4.69, 9.17) is 14.2 Å². The summed E-state index contributed by atoms with van der Waals surface area (Å²) in [6, 6.07) is 0. The van der Waals surface area contributed by atoms with Crippen LogP contribution >= 0.6 is 0 Å². The van der Waals surface area contributed by atoms with E-state index in [0.29, 0.717) is 38.5 Å². The fourth-order valence-electron chi connectivity index (χ4n) is 6.38. The molecule has 1 saturated carbocycles. The van der Waals surface area contributed by atoms with Gasteiger partial charge in [-0.3, -0.25) is 4.79 Å². The molecule has 4 N–H and O–H groups in total. The quantitative estimate of drug-likeness (QED) is 0.308. The number of rotatable bonds is 3. The zero-order valence-corrected chi connectivity index (χ0v) is 23.0. The Labute approximate surface area is 230 Å². The van der Waals surface area contributed by atoms with Crippen LogP contribution in [0.1, 0.15) is 59.3 Å². The van der Waals surface area contributed by atoms with Crippen molar-refractivity contribution >= 4 is 11.8 Å². The smallest absolute Gasteiger partial charge is 0.330 e. The molecule has 0 radical (unpaired) electrons. The molecule has 0 spiro atoms. The molecule has 2 heterocycles. The lowest BCUT2D eigenvalue weighted by molar-refractivity contribution is -0.303. The van der Waals surface area contributed by atoms with Gasteiger partial charge >= 0.3 is 5.97 Å². The second kappa shape index (κ2) is 13.2. The van der Waals surface area contributed by atoms with Crippen LogP contribution in [0.5, 0.6) is 0 Å². The zero-order valence-electron chi connectivity index (χ0n) is 23.0. The van der Waals surface area contributed by atoms with Gasteiger partial charge in [-0.15, -0.1) is 0 Å². The van der Waals surface area contributed by atoms with E-state index < -0.39 is 48.7 Å². The summed E-state index contributed by atoms with van der Waals surface area (Å²) >= 11 is 0. The number of carbonyl (C=O) groups is 2. The molecule has 1 saturated heterocycles. The summed E-state index contributed by atoms with van der Waals surface area (Å²) < 4.78 is 17.4. The predicted molar refractivity (Wildman–Crippen MR) is 142 cm³/mol. The molecule has 4 rings (SSSR count). The van der Waals surface area contributed by atoms with Crippen LogP contribution in [0.4, 0.5) is 0 Å². The van der Waals surface area contributed by atoms with Crippen LogP contribution in [0.15, 0.2) is 36.5 Å². The maximum absolute atomic E-state index is 13.0. The topological polar surface area (TPSA) is 143 Å². The first-order chi connectivity index (χ1) is 18.6. The summed E-state index contributed by atoms with van der Waals surface area (Å²) in [7, 11) is 0. The predicted octanol–water partition coefficient (Wildman–Crippen LogP) is 2.21. The molecule has 0 aromatic rings. The van der Waals surface area contributed by atoms with Gasteiger partial charge in [0.15, 0.2) is 12.1 Å². The Bertz CT molecular complexity index is 945. The number of ether oxygens (including phenoxy) is 3. The molecule has 0 unspecified atom stereocenters. The minimum absolute atomic E-state index is 0.0958. The molecule has 9 heteroatoms. The molecule has 4 aliphatic rings. The van der Waals surface area contributed by atoms with Gasteiger partial charge in [0.05, 0.1) is 18.3 Å². The summed E-state index contributed by atoms with van der Waals surface area (Å²) in [5.41, 5.74) is 0. The van der Waals surface area contributed by atoms with Gasteiger partial charge in [-0.25, -0.2) is 4.79 Å². The summed E-state index contributed by atoms with van der Waals surface area (Å²) in [5.74, 6) is -1.04. The van der Waals surface area contributed by atoms with Crippen LogP contribution in [-0.4, -0.2) is 81.2 Å². The highest BCUT2D eigenvalue weighted by Crippen LogP contribution is 2.47. The molecule has 0 bridgehead atoms.